The van der Waals surface area contributed by atoms with Crippen LogP contribution in [0.5, 0.6) is 0 Å². The summed E-state index contributed by atoms with van der Waals surface area (Å²) < 4.78 is 0. The van der Waals surface area contributed by atoms with Crippen molar-refractivity contribution in [3.63, 3.8) is 0 Å². The quantitative estimate of drug-likeness (QED) is 0.416. The van der Waals surface area contributed by atoms with Crippen LogP contribution in [-0.2, 0) is 0 Å². The third-order valence-corrected chi connectivity index (χ3v) is 0.990. The Balaban J connectivity index is 3.62. The van der Waals surface area contributed by atoms with Gasteiger partial charge in [-0.2, -0.15) is 5.10 Å². The van der Waals surface area contributed by atoms with Crippen molar-refractivity contribution >= 4 is 6.21 Å². The lowest BCUT2D eigenvalue weighted by atomic mass is 10.5. The molecule has 0 heterocycles. The molecule has 0 N–H and O–H groups in total. The third kappa shape index (κ3) is 3.76. The Morgan fingerprint density at radius 2 is 2.33 bits per heavy atom. The van der Waals surface area contributed by atoms with Crippen molar-refractivity contribution < 1.29 is 0 Å². The van der Waals surface area contributed by atoms with Gasteiger partial charge in [0.25, 0.3) is 0 Å². The van der Waals surface area contributed by atoms with Gasteiger partial charge in [-0.1, -0.05) is 13.5 Å². The first-order valence-electron chi connectivity index (χ1n) is 3.10. The van der Waals surface area contributed by atoms with Gasteiger partial charge in [-0.3, -0.25) is 5.01 Å². The van der Waals surface area contributed by atoms with Crippen LogP contribution in [-0.4, -0.2) is 18.3 Å². The fourth-order valence-electron chi connectivity index (χ4n) is 0.303. The maximum atomic E-state index is 4.05. The summed E-state index contributed by atoms with van der Waals surface area (Å²) >= 11 is 0. The van der Waals surface area contributed by atoms with Gasteiger partial charge in [0, 0.05) is 19.0 Å². The first-order valence-corrected chi connectivity index (χ1v) is 3.10. The van der Waals surface area contributed by atoms with Gasteiger partial charge in [-0.25, -0.2) is 0 Å². The van der Waals surface area contributed by atoms with Crippen LogP contribution in [0.2, 0.25) is 0 Å². The molecule has 0 aromatic carbocycles. The van der Waals surface area contributed by atoms with Gasteiger partial charge >= 0.3 is 0 Å². The van der Waals surface area contributed by atoms with Crippen LogP contribution in [0, 0.1) is 0 Å². The van der Waals surface area contributed by atoms with Gasteiger partial charge in [-0.15, -0.1) is 0 Å². The molecule has 9 heavy (non-hydrogen) atoms. The van der Waals surface area contributed by atoms with Gasteiger partial charge in [0.15, 0.2) is 0 Å². The predicted octanol–water partition coefficient (Wildman–Crippen LogP) is 1.85. The molecule has 2 nitrogen and oxygen atoms in total. The molecule has 0 aliphatic rings. The standard InChI is InChI=1S/C7H14N2/c1-5-6-8-9(4)7(2)3/h6H,2,5H2,1,3-4H3/b8-6-. The summed E-state index contributed by atoms with van der Waals surface area (Å²) in [5, 5.41) is 5.80. The van der Waals surface area contributed by atoms with Crippen molar-refractivity contribution in [1.82, 2.24) is 5.01 Å². The molecule has 2 heteroatoms. The van der Waals surface area contributed by atoms with Crippen LogP contribution in [0.15, 0.2) is 17.4 Å². The van der Waals surface area contributed by atoms with Crippen LogP contribution < -0.4 is 0 Å². The van der Waals surface area contributed by atoms with E-state index in [2.05, 4.69) is 18.6 Å². The molecule has 0 saturated heterocycles. The zero-order chi connectivity index (χ0) is 7.28. The van der Waals surface area contributed by atoms with E-state index >= 15 is 0 Å². The summed E-state index contributed by atoms with van der Waals surface area (Å²) in [6.45, 7) is 7.70. The highest BCUT2D eigenvalue weighted by Gasteiger charge is 1.86. The molecule has 0 bridgehead atoms. The number of hydrazone groups is 1. The number of rotatable bonds is 3. The number of hydrogen-bond acceptors (Lipinski definition) is 2. The average Bonchev–Trinajstić information content (AvgIpc) is 1.82. The van der Waals surface area contributed by atoms with Crippen LogP contribution >= 0.6 is 0 Å². The first kappa shape index (κ1) is 8.21. The number of allylic oxidation sites excluding steroid dienone is 1. The molecule has 0 aliphatic carbocycles. The van der Waals surface area contributed by atoms with Crippen molar-refractivity contribution in [3.05, 3.63) is 12.3 Å². The maximum Gasteiger partial charge on any atom is 0.0299 e. The lowest BCUT2D eigenvalue weighted by molar-refractivity contribution is 0.451. The van der Waals surface area contributed by atoms with Crippen molar-refractivity contribution in [2.24, 2.45) is 5.10 Å². The lowest BCUT2D eigenvalue weighted by Gasteiger charge is -2.10. The molecule has 0 saturated carbocycles. The molecule has 0 amide bonds. The average molecular weight is 126 g/mol. The van der Waals surface area contributed by atoms with E-state index in [-0.39, 0.29) is 0 Å². The molecular weight excluding hydrogens is 112 g/mol. The molecular formula is C7H14N2. The predicted molar refractivity (Wildman–Crippen MR) is 41.4 cm³/mol. The molecule has 0 atom stereocenters. The van der Waals surface area contributed by atoms with E-state index in [1.807, 2.05) is 20.2 Å². The molecule has 0 unspecified atom stereocenters. The Hall–Kier alpha value is -0.790. The first-order chi connectivity index (χ1) is 4.18. The fourth-order valence-corrected chi connectivity index (χ4v) is 0.303. The van der Waals surface area contributed by atoms with Gasteiger partial charge in [0.2, 0.25) is 0 Å². The maximum absolute atomic E-state index is 4.05. The van der Waals surface area contributed by atoms with Gasteiger partial charge in [-0.05, 0) is 13.3 Å². The van der Waals surface area contributed by atoms with Crippen LogP contribution in [0.1, 0.15) is 20.3 Å². The molecule has 52 valence electrons. The Bertz CT molecular complexity index is 116. The Kier molecular flexibility index (Phi) is 3.76. The number of nitrogens with zero attached hydrogens (tertiary/aromatic N) is 2. The summed E-state index contributed by atoms with van der Waals surface area (Å²) in [7, 11) is 1.88. The second kappa shape index (κ2) is 4.13. The van der Waals surface area contributed by atoms with Crippen LogP contribution in [0.3, 0.4) is 0 Å². The van der Waals surface area contributed by atoms with E-state index in [4.69, 9.17) is 0 Å². The largest absolute Gasteiger partial charge is 0.274 e. The van der Waals surface area contributed by atoms with E-state index in [0.717, 1.165) is 12.1 Å². The fraction of sp³-hybridized carbons (Fsp3) is 0.571. The normalized spacial score (nSPS) is 10.1. The van der Waals surface area contributed by atoms with Crippen molar-refractivity contribution in [2.75, 3.05) is 7.05 Å². The minimum Gasteiger partial charge on any atom is -0.274 e. The van der Waals surface area contributed by atoms with Gasteiger partial charge in [0.1, 0.15) is 0 Å². The summed E-state index contributed by atoms with van der Waals surface area (Å²) in [6, 6.07) is 0. The number of hydrogen-bond donors (Lipinski definition) is 0. The van der Waals surface area contributed by atoms with Crippen LogP contribution in [0.25, 0.3) is 0 Å². The van der Waals surface area contributed by atoms with E-state index < -0.39 is 0 Å². The topological polar surface area (TPSA) is 15.6 Å². The van der Waals surface area contributed by atoms with Crippen LogP contribution in [0.4, 0.5) is 0 Å². The highest BCUT2D eigenvalue weighted by molar-refractivity contribution is 5.56. The molecule has 0 aromatic heterocycles. The molecule has 0 fully saturated rings. The van der Waals surface area contributed by atoms with Gasteiger partial charge < -0.3 is 0 Å². The zero-order valence-electron chi connectivity index (χ0n) is 6.39. The Morgan fingerprint density at radius 3 is 2.67 bits per heavy atom. The minimum absolute atomic E-state index is 0.958. The third-order valence-electron chi connectivity index (χ3n) is 0.990. The smallest absolute Gasteiger partial charge is 0.0299 e. The van der Waals surface area contributed by atoms with E-state index in [1.165, 1.54) is 0 Å². The van der Waals surface area contributed by atoms with E-state index in [1.54, 1.807) is 5.01 Å². The summed E-state index contributed by atoms with van der Waals surface area (Å²) in [6.07, 6.45) is 2.83. The summed E-state index contributed by atoms with van der Waals surface area (Å²) in [5.74, 6) is 0. The molecule has 0 rings (SSSR count). The van der Waals surface area contributed by atoms with E-state index in [9.17, 15) is 0 Å². The van der Waals surface area contributed by atoms with Gasteiger partial charge in [0.05, 0.1) is 0 Å². The molecule has 0 spiro atoms. The summed E-state index contributed by atoms with van der Waals surface area (Å²) in [4.78, 5) is 0. The molecule has 0 aromatic rings. The zero-order valence-corrected chi connectivity index (χ0v) is 6.39. The summed E-state index contributed by atoms with van der Waals surface area (Å²) in [5.41, 5.74) is 0.958. The highest BCUT2D eigenvalue weighted by atomic mass is 15.4. The minimum atomic E-state index is 0.958. The van der Waals surface area contributed by atoms with E-state index in [0.29, 0.717) is 0 Å². The molecule has 0 radical (unpaired) electrons. The van der Waals surface area contributed by atoms with Crippen molar-refractivity contribution in [2.45, 2.75) is 20.3 Å². The SMILES string of the molecule is C=C(C)N(C)/N=C\CC. The Labute approximate surface area is 56.9 Å². The van der Waals surface area contributed by atoms with Crippen molar-refractivity contribution in [3.8, 4) is 0 Å². The van der Waals surface area contributed by atoms with Crippen molar-refractivity contribution in [1.29, 1.82) is 0 Å². The molecule has 0 aliphatic heterocycles. The monoisotopic (exact) mass is 126 g/mol. The second-order valence-corrected chi connectivity index (χ2v) is 1.97. The Morgan fingerprint density at radius 1 is 1.78 bits per heavy atom. The second-order valence-electron chi connectivity index (χ2n) is 1.97. The lowest BCUT2D eigenvalue weighted by Crippen LogP contribution is -2.06. The highest BCUT2D eigenvalue weighted by Crippen LogP contribution is 1.94.